The molecule has 3 rings (SSSR count). The predicted octanol–water partition coefficient (Wildman–Crippen LogP) is 4.43. The van der Waals surface area contributed by atoms with Crippen LogP contribution >= 0.6 is 11.6 Å². The molecule has 0 bridgehead atoms. The van der Waals surface area contributed by atoms with E-state index in [1.807, 2.05) is 19.1 Å². The number of hydrogen-bond donors (Lipinski definition) is 2. The molecule has 2 N–H and O–H groups in total. The Kier molecular flexibility index (Phi) is 7.46. The second kappa shape index (κ2) is 10.3. The third-order valence-electron chi connectivity index (χ3n) is 4.95. The smallest absolute Gasteiger partial charge is 0.277 e. The Labute approximate surface area is 181 Å². The minimum Gasteiger partial charge on any atom is -0.483 e. The molecule has 0 aliphatic heterocycles. The maximum absolute atomic E-state index is 12.4. The number of rotatable bonds is 7. The van der Waals surface area contributed by atoms with Crippen molar-refractivity contribution in [3.63, 3.8) is 0 Å². The van der Waals surface area contributed by atoms with Gasteiger partial charge in [0.05, 0.1) is 6.42 Å². The summed E-state index contributed by atoms with van der Waals surface area (Å²) in [7, 11) is 0. The van der Waals surface area contributed by atoms with Gasteiger partial charge in [0.1, 0.15) is 5.75 Å². The Hall–Kier alpha value is -2.86. The molecule has 6 nitrogen and oxygen atoms in total. The van der Waals surface area contributed by atoms with Crippen molar-refractivity contribution < 1.29 is 14.3 Å². The van der Waals surface area contributed by atoms with E-state index in [2.05, 4.69) is 21.9 Å². The molecular formula is C23H26ClN3O3. The molecule has 0 atom stereocenters. The van der Waals surface area contributed by atoms with Crippen LogP contribution in [0, 0.1) is 6.92 Å². The van der Waals surface area contributed by atoms with Crippen LogP contribution in [0.15, 0.2) is 41.5 Å². The zero-order valence-electron chi connectivity index (χ0n) is 17.3. The molecule has 1 aliphatic rings. The van der Waals surface area contributed by atoms with E-state index in [-0.39, 0.29) is 18.9 Å². The summed E-state index contributed by atoms with van der Waals surface area (Å²) in [6.07, 6.45) is 4.48. The topological polar surface area (TPSA) is 79.8 Å². The Bertz CT molecular complexity index is 972. The highest BCUT2D eigenvalue weighted by Gasteiger charge is 2.15. The number of ether oxygens (including phenoxy) is 1. The highest BCUT2D eigenvalue weighted by Crippen LogP contribution is 2.28. The molecule has 0 saturated heterocycles. The molecule has 7 heteroatoms. The molecule has 0 heterocycles. The third-order valence-corrected chi connectivity index (χ3v) is 5.19. The zero-order chi connectivity index (χ0) is 21.5. The second-order valence-electron chi connectivity index (χ2n) is 7.46. The lowest BCUT2D eigenvalue weighted by Gasteiger charge is -2.19. The zero-order valence-corrected chi connectivity index (χ0v) is 18.0. The number of halogens is 1. The number of benzene rings is 2. The van der Waals surface area contributed by atoms with Gasteiger partial charge in [0.2, 0.25) is 5.91 Å². The molecule has 0 radical (unpaired) electrons. The molecule has 0 saturated carbocycles. The number of hydrogen-bond acceptors (Lipinski definition) is 4. The minimum absolute atomic E-state index is 0.0983. The first-order valence-corrected chi connectivity index (χ1v) is 10.4. The molecular weight excluding hydrogens is 402 g/mol. The summed E-state index contributed by atoms with van der Waals surface area (Å²) in [5, 5.41) is 7.59. The summed E-state index contributed by atoms with van der Waals surface area (Å²) in [4.78, 5) is 24.4. The van der Waals surface area contributed by atoms with E-state index in [4.69, 9.17) is 16.3 Å². The normalized spacial score (nSPS) is 13.4. The first-order valence-electron chi connectivity index (χ1n) is 10.0. The maximum atomic E-state index is 12.4. The number of nitrogens with one attached hydrogen (secondary N) is 2. The fraction of sp³-hybridized carbons (Fsp3) is 0.348. The summed E-state index contributed by atoms with van der Waals surface area (Å²) >= 11 is 5.91. The van der Waals surface area contributed by atoms with E-state index in [0.29, 0.717) is 16.5 Å². The quantitative estimate of drug-likeness (QED) is 0.506. The van der Waals surface area contributed by atoms with Crippen LogP contribution < -0.4 is 15.5 Å². The molecule has 0 unspecified atom stereocenters. The summed E-state index contributed by atoms with van der Waals surface area (Å²) < 4.78 is 5.48. The van der Waals surface area contributed by atoms with Crippen LogP contribution in [-0.4, -0.2) is 24.1 Å². The van der Waals surface area contributed by atoms with Crippen molar-refractivity contribution in [1.82, 2.24) is 5.43 Å². The average molecular weight is 428 g/mol. The van der Waals surface area contributed by atoms with Crippen molar-refractivity contribution in [2.75, 3.05) is 11.9 Å². The van der Waals surface area contributed by atoms with E-state index in [1.54, 1.807) is 25.1 Å². The molecule has 2 aromatic rings. The van der Waals surface area contributed by atoms with Gasteiger partial charge >= 0.3 is 0 Å². The number of amides is 2. The third kappa shape index (κ3) is 6.07. The van der Waals surface area contributed by atoms with Gasteiger partial charge < -0.3 is 10.1 Å². The number of nitrogens with zero attached hydrogens (tertiary/aromatic N) is 1. The van der Waals surface area contributed by atoms with Crippen molar-refractivity contribution in [1.29, 1.82) is 0 Å². The van der Waals surface area contributed by atoms with Crippen molar-refractivity contribution in [3.8, 4) is 5.75 Å². The largest absolute Gasteiger partial charge is 0.483 e. The van der Waals surface area contributed by atoms with Crippen molar-refractivity contribution in [3.05, 3.63) is 58.1 Å². The van der Waals surface area contributed by atoms with Gasteiger partial charge in [-0.3, -0.25) is 9.59 Å². The van der Waals surface area contributed by atoms with Crippen LogP contribution in [0.2, 0.25) is 5.02 Å². The lowest BCUT2D eigenvalue weighted by molar-refractivity contribution is -0.123. The number of aryl methyl sites for hydroxylation is 2. The predicted molar refractivity (Wildman–Crippen MR) is 119 cm³/mol. The lowest BCUT2D eigenvalue weighted by atomic mass is 9.90. The van der Waals surface area contributed by atoms with E-state index in [0.717, 1.165) is 30.5 Å². The van der Waals surface area contributed by atoms with Crippen LogP contribution in [0.4, 0.5) is 5.69 Å². The number of anilines is 1. The van der Waals surface area contributed by atoms with Crippen LogP contribution in [0.5, 0.6) is 5.75 Å². The van der Waals surface area contributed by atoms with Gasteiger partial charge in [-0.25, -0.2) is 5.43 Å². The van der Waals surface area contributed by atoms with Crippen LogP contribution in [0.25, 0.3) is 0 Å². The highest BCUT2D eigenvalue weighted by molar-refractivity contribution is 6.30. The number of carbonyl (C=O) groups excluding carboxylic acids is 2. The lowest BCUT2D eigenvalue weighted by Crippen LogP contribution is -2.26. The Morgan fingerprint density at radius 3 is 2.73 bits per heavy atom. The van der Waals surface area contributed by atoms with Crippen molar-refractivity contribution in [2.24, 2.45) is 5.10 Å². The first kappa shape index (κ1) is 21.8. The van der Waals surface area contributed by atoms with Gasteiger partial charge in [0, 0.05) is 16.4 Å². The summed E-state index contributed by atoms with van der Waals surface area (Å²) in [5.74, 6) is 0.0274. The van der Waals surface area contributed by atoms with E-state index in [1.165, 1.54) is 17.5 Å². The van der Waals surface area contributed by atoms with Crippen LogP contribution in [-0.2, 0) is 22.4 Å². The number of carbonyl (C=O) groups is 2. The monoisotopic (exact) mass is 427 g/mol. The minimum atomic E-state index is -0.402. The van der Waals surface area contributed by atoms with Crippen molar-refractivity contribution in [2.45, 2.75) is 46.0 Å². The van der Waals surface area contributed by atoms with E-state index < -0.39 is 5.91 Å². The van der Waals surface area contributed by atoms with Gasteiger partial charge in [-0.05, 0) is 80.5 Å². The highest BCUT2D eigenvalue weighted by atomic mass is 35.5. The summed E-state index contributed by atoms with van der Waals surface area (Å²) in [6.45, 7) is 3.37. The molecule has 2 aromatic carbocycles. The summed E-state index contributed by atoms with van der Waals surface area (Å²) in [6, 6.07) is 11.2. The van der Waals surface area contributed by atoms with Gasteiger partial charge in [0.25, 0.3) is 5.91 Å². The fourth-order valence-electron chi connectivity index (χ4n) is 3.47. The maximum Gasteiger partial charge on any atom is 0.277 e. The molecule has 0 aromatic heterocycles. The molecule has 0 spiro atoms. The fourth-order valence-corrected chi connectivity index (χ4v) is 3.70. The van der Waals surface area contributed by atoms with Crippen LogP contribution in [0.3, 0.4) is 0 Å². The second-order valence-corrected chi connectivity index (χ2v) is 7.89. The molecule has 30 heavy (non-hydrogen) atoms. The standard InChI is InChI=1S/C23H26ClN3O3/c1-15-12-18(24)10-11-21(15)30-14-23(29)27-26-16(2)13-22(28)25-20-9-5-7-17-6-3-4-8-19(17)20/h5,7,9-12H,3-4,6,8,13-14H2,1-2H3,(H,25,28)(H,27,29)/b26-16+. The molecule has 158 valence electrons. The van der Waals surface area contributed by atoms with Crippen molar-refractivity contribution >= 4 is 34.8 Å². The van der Waals surface area contributed by atoms with E-state index >= 15 is 0 Å². The Morgan fingerprint density at radius 1 is 1.13 bits per heavy atom. The van der Waals surface area contributed by atoms with Gasteiger partial charge in [-0.2, -0.15) is 5.10 Å². The van der Waals surface area contributed by atoms with Gasteiger partial charge in [0.15, 0.2) is 6.61 Å². The Morgan fingerprint density at radius 2 is 1.93 bits per heavy atom. The van der Waals surface area contributed by atoms with Crippen LogP contribution in [0.1, 0.15) is 42.9 Å². The number of hydrazone groups is 1. The van der Waals surface area contributed by atoms with Gasteiger partial charge in [-0.1, -0.05) is 23.7 Å². The Balaban J connectivity index is 1.47. The molecule has 0 fully saturated rings. The summed E-state index contributed by atoms with van der Waals surface area (Å²) in [5.41, 5.74) is 7.19. The molecule has 2 amide bonds. The van der Waals surface area contributed by atoms with Gasteiger partial charge in [-0.15, -0.1) is 0 Å². The number of fused-ring (bicyclic) bond motifs is 1. The SMILES string of the molecule is C/C(CC(=O)Nc1cccc2c1CCCC2)=N\NC(=O)COc1ccc(Cl)cc1C. The molecule has 1 aliphatic carbocycles. The first-order chi connectivity index (χ1) is 14.4. The average Bonchev–Trinajstić information content (AvgIpc) is 2.72. The van der Waals surface area contributed by atoms with E-state index in [9.17, 15) is 9.59 Å².